The van der Waals surface area contributed by atoms with Gasteiger partial charge in [-0.1, -0.05) is 19.4 Å². The molecule has 0 aromatic heterocycles. The molecule has 0 rings (SSSR count). The number of carbonyl (C=O) groups is 2. The summed E-state index contributed by atoms with van der Waals surface area (Å²) in [6, 6.07) is 0. The first-order valence-electron chi connectivity index (χ1n) is 3.97. The molecule has 0 aromatic carbocycles. The van der Waals surface area contributed by atoms with Crippen molar-refractivity contribution >= 4 is 11.9 Å². The molecule has 88 valence electrons. The fourth-order valence-electron chi connectivity index (χ4n) is 0.366. The van der Waals surface area contributed by atoms with Gasteiger partial charge in [0.05, 0.1) is 0 Å². The van der Waals surface area contributed by atoms with E-state index in [-0.39, 0.29) is 5.91 Å². The molecule has 0 saturated heterocycles. The predicted molar refractivity (Wildman–Crippen MR) is 46.9 cm³/mol. The lowest BCUT2D eigenvalue weighted by Crippen LogP contribution is -2.21. The summed E-state index contributed by atoms with van der Waals surface area (Å²) in [6.45, 7) is 2.05. The molecule has 3 N–H and O–H groups in total. The van der Waals surface area contributed by atoms with Crippen LogP contribution in [0.2, 0.25) is 0 Å². The van der Waals surface area contributed by atoms with Crippen molar-refractivity contribution in [3.05, 3.63) is 12.2 Å². The minimum atomic E-state index is -5.08. The van der Waals surface area contributed by atoms with Crippen LogP contribution in [-0.4, -0.2) is 23.2 Å². The monoisotopic (exact) mass is 227 g/mol. The zero-order valence-electron chi connectivity index (χ0n) is 8.04. The van der Waals surface area contributed by atoms with E-state index in [1.807, 2.05) is 6.92 Å². The number of primary amides is 1. The van der Waals surface area contributed by atoms with E-state index in [2.05, 4.69) is 0 Å². The molecule has 0 heterocycles. The molecule has 4 nitrogen and oxygen atoms in total. The van der Waals surface area contributed by atoms with Crippen molar-refractivity contribution in [1.29, 1.82) is 0 Å². The summed E-state index contributed by atoms with van der Waals surface area (Å²) < 4.78 is 31.7. The number of amides is 1. The number of carboxylic acid groups (broad SMARTS) is 1. The van der Waals surface area contributed by atoms with Gasteiger partial charge < -0.3 is 10.8 Å². The number of aliphatic carboxylic acids is 1. The van der Waals surface area contributed by atoms with E-state index < -0.39 is 12.1 Å². The fraction of sp³-hybridized carbons (Fsp3) is 0.500. The van der Waals surface area contributed by atoms with E-state index in [9.17, 15) is 18.0 Å². The standard InChI is InChI=1S/C6H11NO.C2HF3O2/c1-2-3-4-5-6(7)8;3-2(4,5)1(6)7/h4-5H,2-3H2,1H3,(H2,7,8);(H,6,7). The van der Waals surface area contributed by atoms with Crippen LogP contribution >= 0.6 is 0 Å². The Kier molecular flexibility index (Phi) is 8.32. The van der Waals surface area contributed by atoms with Gasteiger partial charge in [-0.25, -0.2) is 4.79 Å². The van der Waals surface area contributed by atoms with Crippen molar-refractivity contribution < 1.29 is 27.9 Å². The molecule has 0 fully saturated rings. The number of rotatable bonds is 3. The molecule has 0 bridgehead atoms. The Bertz CT molecular complexity index is 236. The third kappa shape index (κ3) is 15.2. The molecule has 1 amide bonds. The highest BCUT2D eigenvalue weighted by molar-refractivity contribution is 5.85. The summed E-state index contributed by atoms with van der Waals surface area (Å²) in [5.41, 5.74) is 4.81. The Hall–Kier alpha value is -1.53. The van der Waals surface area contributed by atoms with Crippen molar-refractivity contribution in [2.45, 2.75) is 25.9 Å². The topological polar surface area (TPSA) is 80.4 Å². The van der Waals surface area contributed by atoms with Crippen LogP contribution in [-0.2, 0) is 9.59 Å². The maximum absolute atomic E-state index is 10.6. The lowest BCUT2D eigenvalue weighted by molar-refractivity contribution is -0.192. The Morgan fingerprint density at radius 3 is 2.00 bits per heavy atom. The normalized spacial score (nSPS) is 10.7. The first-order chi connectivity index (χ1) is 6.71. The van der Waals surface area contributed by atoms with Gasteiger partial charge in [0.2, 0.25) is 5.91 Å². The second-order valence-corrected chi connectivity index (χ2v) is 2.40. The van der Waals surface area contributed by atoms with Gasteiger partial charge in [-0.3, -0.25) is 4.79 Å². The summed E-state index contributed by atoms with van der Waals surface area (Å²) in [6.07, 6.45) is 0.0819. The zero-order valence-corrected chi connectivity index (χ0v) is 8.04. The van der Waals surface area contributed by atoms with Crippen LogP contribution in [0.5, 0.6) is 0 Å². The highest BCUT2D eigenvalue weighted by Crippen LogP contribution is 2.13. The van der Waals surface area contributed by atoms with Gasteiger partial charge in [0.1, 0.15) is 0 Å². The number of nitrogens with two attached hydrogens (primary N) is 1. The van der Waals surface area contributed by atoms with E-state index in [1.54, 1.807) is 6.08 Å². The lowest BCUT2D eigenvalue weighted by atomic mass is 10.3. The summed E-state index contributed by atoms with van der Waals surface area (Å²) in [5.74, 6) is -3.12. The molecule has 0 aliphatic heterocycles. The van der Waals surface area contributed by atoms with Crippen LogP contribution in [0.4, 0.5) is 13.2 Å². The van der Waals surface area contributed by atoms with E-state index in [4.69, 9.17) is 15.6 Å². The molecular formula is C8H12F3NO3. The van der Waals surface area contributed by atoms with Gasteiger partial charge in [0.15, 0.2) is 0 Å². The first-order valence-corrected chi connectivity index (χ1v) is 3.97. The van der Waals surface area contributed by atoms with Crippen molar-refractivity contribution in [2.24, 2.45) is 5.73 Å². The molecule has 0 radical (unpaired) electrons. The van der Waals surface area contributed by atoms with E-state index in [0.717, 1.165) is 12.8 Å². The van der Waals surface area contributed by atoms with Gasteiger partial charge in [-0.05, 0) is 12.5 Å². The zero-order chi connectivity index (χ0) is 12.5. The quantitative estimate of drug-likeness (QED) is 0.716. The summed E-state index contributed by atoms with van der Waals surface area (Å²) >= 11 is 0. The van der Waals surface area contributed by atoms with Crippen molar-refractivity contribution in [3.63, 3.8) is 0 Å². The lowest BCUT2D eigenvalue weighted by Gasteiger charge is -1.93. The highest BCUT2D eigenvalue weighted by atomic mass is 19.4. The predicted octanol–water partition coefficient (Wildman–Crippen LogP) is 1.46. The first kappa shape index (κ1) is 15.9. The molecule has 0 saturated carbocycles. The van der Waals surface area contributed by atoms with Gasteiger partial charge in [-0.2, -0.15) is 13.2 Å². The molecule has 0 aliphatic carbocycles. The second-order valence-electron chi connectivity index (χ2n) is 2.40. The molecule has 0 aliphatic rings. The maximum Gasteiger partial charge on any atom is 0.490 e. The third-order valence-corrected chi connectivity index (χ3v) is 0.980. The molecule has 0 atom stereocenters. The van der Waals surface area contributed by atoms with E-state index >= 15 is 0 Å². The van der Waals surface area contributed by atoms with Crippen LogP contribution in [0.15, 0.2) is 12.2 Å². The van der Waals surface area contributed by atoms with Crippen LogP contribution < -0.4 is 5.73 Å². The number of unbranched alkanes of at least 4 members (excludes halogenated alkanes) is 1. The number of carbonyl (C=O) groups excluding carboxylic acids is 1. The number of carboxylic acids is 1. The summed E-state index contributed by atoms with van der Waals surface area (Å²) in [7, 11) is 0. The Balaban J connectivity index is 0. The molecule has 7 heteroatoms. The van der Waals surface area contributed by atoms with Gasteiger partial charge in [0.25, 0.3) is 0 Å². The largest absolute Gasteiger partial charge is 0.490 e. The van der Waals surface area contributed by atoms with E-state index in [1.165, 1.54) is 6.08 Å². The van der Waals surface area contributed by atoms with Crippen molar-refractivity contribution in [1.82, 2.24) is 0 Å². The molecule has 0 aromatic rings. The highest BCUT2D eigenvalue weighted by Gasteiger charge is 2.38. The minimum Gasteiger partial charge on any atom is -0.475 e. The average molecular weight is 227 g/mol. The van der Waals surface area contributed by atoms with Gasteiger partial charge in [-0.15, -0.1) is 0 Å². The number of hydrogen-bond acceptors (Lipinski definition) is 2. The van der Waals surface area contributed by atoms with Crippen LogP contribution in [0.1, 0.15) is 19.8 Å². The van der Waals surface area contributed by atoms with Crippen molar-refractivity contribution in [2.75, 3.05) is 0 Å². The number of halogens is 3. The summed E-state index contributed by atoms with van der Waals surface area (Å²) in [5, 5.41) is 7.12. The smallest absolute Gasteiger partial charge is 0.475 e. The van der Waals surface area contributed by atoms with Crippen LogP contribution in [0.3, 0.4) is 0 Å². The molecule has 15 heavy (non-hydrogen) atoms. The van der Waals surface area contributed by atoms with Gasteiger partial charge in [0, 0.05) is 0 Å². The van der Waals surface area contributed by atoms with Crippen LogP contribution in [0.25, 0.3) is 0 Å². The Labute approximate surface area is 84.6 Å². The Morgan fingerprint density at radius 2 is 1.80 bits per heavy atom. The van der Waals surface area contributed by atoms with Crippen LogP contribution in [0, 0.1) is 0 Å². The molecular weight excluding hydrogens is 215 g/mol. The average Bonchev–Trinajstić information content (AvgIpc) is 2.03. The van der Waals surface area contributed by atoms with Gasteiger partial charge >= 0.3 is 12.1 Å². The molecule has 0 unspecified atom stereocenters. The number of allylic oxidation sites excluding steroid dienone is 1. The maximum atomic E-state index is 10.6. The number of alkyl halides is 3. The SMILES string of the molecule is CCCC=CC(N)=O.O=C(O)C(F)(F)F. The summed E-state index contributed by atoms with van der Waals surface area (Å²) in [4.78, 5) is 18.9. The van der Waals surface area contributed by atoms with E-state index in [0.29, 0.717) is 0 Å². The number of hydrogen-bond donors (Lipinski definition) is 2. The minimum absolute atomic E-state index is 0.363. The molecule has 0 spiro atoms. The Morgan fingerprint density at radius 1 is 1.40 bits per heavy atom. The second kappa shape index (κ2) is 7.84. The fourth-order valence-corrected chi connectivity index (χ4v) is 0.366. The third-order valence-electron chi connectivity index (χ3n) is 0.980. The van der Waals surface area contributed by atoms with Crippen molar-refractivity contribution in [3.8, 4) is 0 Å².